The quantitative estimate of drug-likeness (QED) is 0.640. The fourth-order valence-electron chi connectivity index (χ4n) is 2.26. The summed E-state index contributed by atoms with van der Waals surface area (Å²) in [6.07, 6.45) is 1.53. The van der Waals surface area contributed by atoms with Gasteiger partial charge in [-0.15, -0.1) is 0 Å². The highest BCUT2D eigenvalue weighted by molar-refractivity contribution is 6.36. The molecule has 0 atom stereocenters. The molecule has 0 spiro atoms. The van der Waals surface area contributed by atoms with Crippen molar-refractivity contribution in [2.45, 2.75) is 6.54 Å². The van der Waals surface area contributed by atoms with Crippen molar-refractivity contribution in [1.82, 2.24) is 26.0 Å². The highest BCUT2D eigenvalue weighted by atomic mass is 16.2. The van der Waals surface area contributed by atoms with Crippen molar-refractivity contribution in [3.05, 3.63) is 47.9 Å². The van der Waals surface area contributed by atoms with Gasteiger partial charge in [0.05, 0.1) is 0 Å². The molecule has 4 amide bonds. The molecule has 3 rings (SSSR count). The molecule has 2 aliphatic heterocycles. The maximum absolute atomic E-state index is 12.3. The number of fused-ring (bicyclic) bond motifs is 1. The van der Waals surface area contributed by atoms with Gasteiger partial charge < -0.3 is 10.6 Å². The zero-order valence-electron chi connectivity index (χ0n) is 11.7. The lowest BCUT2D eigenvalue weighted by Gasteiger charge is -2.38. The molecule has 22 heavy (non-hydrogen) atoms. The van der Waals surface area contributed by atoms with Crippen molar-refractivity contribution in [3.8, 4) is 0 Å². The van der Waals surface area contributed by atoms with E-state index in [1.54, 1.807) is 0 Å². The molecule has 0 radical (unpaired) electrons. The van der Waals surface area contributed by atoms with Gasteiger partial charge in [-0.2, -0.15) is 5.01 Å². The Kier molecular flexibility index (Phi) is 3.65. The Morgan fingerprint density at radius 1 is 1.23 bits per heavy atom. The lowest BCUT2D eigenvalue weighted by molar-refractivity contribution is -0.151. The molecule has 1 aromatic rings. The van der Waals surface area contributed by atoms with Crippen molar-refractivity contribution in [1.29, 1.82) is 0 Å². The van der Waals surface area contributed by atoms with E-state index in [-0.39, 0.29) is 0 Å². The highest BCUT2D eigenvalue weighted by Gasteiger charge is 2.38. The van der Waals surface area contributed by atoms with Gasteiger partial charge in [0.15, 0.2) is 5.82 Å². The molecule has 1 aromatic carbocycles. The minimum atomic E-state index is -0.825. The number of hydrogen-bond donors (Lipinski definition) is 3. The Hall–Kier alpha value is -3.03. The number of carbonyl (C=O) groups is 3. The van der Waals surface area contributed by atoms with E-state index in [0.717, 1.165) is 10.6 Å². The third kappa shape index (κ3) is 2.58. The Morgan fingerprint density at radius 2 is 2.00 bits per heavy atom. The lowest BCUT2D eigenvalue weighted by atomic mass is 10.2. The Balaban J connectivity index is 1.72. The van der Waals surface area contributed by atoms with Crippen LogP contribution in [0.4, 0.5) is 4.79 Å². The van der Waals surface area contributed by atoms with Crippen LogP contribution in [0.15, 0.2) is 42.4 Å². The number of amides is 4. The molecule has 114 valence electrons. The second-order valence-electron chi connectivity index (χ2n) is 4.83. The van der Waals surface area contributed by atoms with Crippen molar-refractivity contribution in [2.75, 3.05) is 13.1 Å². The fourth-order valence-corrected chi connectivity index (χ4v) is 2.26. The van der Waals surface area contributed by atoms with Gasteiger partial charge in [-0.05, 0) is 5.56 Å². The van der Waals surface area contributed by atoms with Crippen LogP contribution < -0.4 is 16.1 Å². The summed E-state index contributed by atoms with van der Waals surface area (Å²) in [7, 11) is 0. The van der Waals surface area contributed by atoms with E-state index in [1.165, 1.54) is 11.1 Å². The third-order valence-corrected chi connectivity index (χ3v) is 3.36. The van der Waals surface area contributed by atoms with Crippen LogP contribution in [-0.4, -0.2) is 40.8 Å². The van der Waals surface area contributed by atoms with Crippen LogP contribution in [0.1, 0.15) is 5.56 Å². The van der Waals surface area contributed by atoms with Crippen LogP contribution in [0.25, 0.3) is 0 Å². The van der Waals surface area contributed by atoms with Gasteiger partial charge in [-0.3, -0.25) is 14.5 Å². The molecule has 3 N–H and O–H groups in total. The van der Waals surface area contributed by atoms with E-state index in [4.69, 9.17) is 0 Å². The van der Waals surface area contributed by atoms with Crippen molar-refractivity contribution < 1.29 is 14.4 Å². The summed E-state index contributed by atoms with van der Waals surface area (Å²) in [5.41, 5.74) is 3.22. The Bertz CT molecular complexity index is 643. The molecule has 8 nitrogen and oxygen atoms in total. The summed E-state index contributed by atoms with van der Waals surface area (Å²) in [4.78, 5) is 37.0. The lowest BCUT2D eigenvalue weighted by Crippen LogP contribution is -2.64. The van der Waals surface area contributed by atoms with Gasteiger partial charge >= 0.3 is 17.8 Å². The number of nitrogens with one attached hydrogen (secondary N) is 3. The molecule has 2 aliphatic rings. The SMILES string of the molecule is O=C1NN(C(=O)NCc2ccccc2)C2=CNCCN2C1=O. The molecule has 0 unspecified atom stereocenters. The monoisotopic (exact) mass is 301 g/mol. The molecule has 0 bridgehead atoms. The smallest absolute Gasteiger partial charge is 0.342 e. The summed E-state index contributed by atoms with van der Waals surface area (Å²) in [5.74, 6) is -1.19. The highest BCUT2D eigenvalue weighted by Crippen LogP contribution is 2.16. The number of carbonyl (C=O) groups excluding carboxylic acids is 3. The number of hydrazine groups is 1. The van der Waals surface area contributed by atoms with Gasteiger partial charge in [0, 0.05) is 25.8 Å². The molecular weight excluding hydrogens is 286 g/mol. The molecular formula is C14H15N5O3. The Labute approximate surface area is 126 Å². The average molecular weight is 301 g/mol. The first kappa shape index (κ1) is 13.9. The fraction of sp³-hybridized carbons (Fsp3) is 0.214. The van der Waals surface area contributed by atoms with E-state index < -0.39 is 17.8 Å². The Morgan fingerprint density at radius 3 is 2.77 bits per heavy atom. The number of hydrogen-bond acceptors (Lipinski definition) is 4. The number of urea groups is 1. The van der Waals surface area contributed by atoms with E-state index >= 15 is 0 Å². The standard InChI is InChI=1S/C14H15N5O3/c20-12-13(21)18-7-6-15-9-11(18)19(17-12)14(22)16-8-10-4-2-1-3-5-10/h1-5,9,15H,6-8H2,(H,16,22)(H,17,20). The predicted octanol–water partition coefficient (Wildman–Crippen LogP) is -0.526. The van der Waals surface area contributed by atoms with Gasteiger partial charge in [0.1, 0.15) is 0 Å². The maximum Gasteiger partial charge on any atom is 0.342 e. The van der Waals surface area contributed by atoms with Crippen LogP contribution in [0.5, 0.6) is 0 Å². The van der Waals surface area contributed by atoms with E-state index in [1.807, 2.05) is 30.3 Å². The minimum Gasteiger partial charge on any atom is -0.386 e. The summed E-state index contributed by atoms with van der Waals surface area (Å²) in [6.45, 7) is 1.18. The van der Waals surface area contributed by atoms with E-state index in [0.29, 0.717) is 25.5 Å². The summed E-state index contributed by atoms with van der Waals surface area (Å²) in [6, 6.07) is 8.89. The van der Waals surface area contributed by atoms with Crippen LogP contribution in [0, 0.1) is 0 Å². The molecule has 1 saturated heterocycles. The van der Waals surface area contributed by atoms with Crippen LogP contribution in [0.3, 0.4) is 0 Å². The van der Waals surface area contributed by atoms with E-state index in [2.05, 4.69) is 16.1 Å². The molecule has 0 saturated carbocycles. The van der Waals surface area contributed by atoms with Crippen molar-refractivity contribution in [2.24, 2.45) is 0 Å². The molecule has 0 aromatic heterocycles. The summed E-state index contributed by atoms with van der Waals surface area (Å²) >= 11 is 0. The largest absolute Gasteiger partial charge is 0.386 e. The number of benzene rings is 1. The second-order valence-corrected chi connectivity index (χ2v) is 4.83. The molecule has 1 fully saturated rings. The van der Waals surface area contributed by atoms with Gasteiger partial charge in [0.25, 0.3) is 0 Å². The van der Waals surface area contributed by atoms with Crippen molar-refractivity contribution in [3.63, 3.8) is 0 Å². The zero-order valence-corrected chi connectivity index (χ0v) is 11.7. The first-order chi connectivity index (χ1) is 10.7. The van der Waals surface area contributed by atoms with Gasteiger partial charge in [-0.25, -0.2) is 10.2 Å². The molecule has 2 heterocycles. The number of nitrogens with zero attached hydrogens (tertiary/aromatic N) is 2. The maximum atomic E-state index is 12.3. The predicted molar refractivity (Wildman–Crippen MR) is 76.5 cm³/mol. The average Bonchev–Trinajstić information content (AvgIpc) is 2.57. The normalized spacial score (nSPS) is 17.2. The topological polar surface area (TPSA) is 93.8 Å². The third-order valence-electron chi connectivity index (χ3n) is 3.36. The van der Waals surface area contributed by atoms with Gasteiger partial charge in [-0.1, -0.05) is 30.3 Å². The van der Waals surface area contributed by atoms with E-state index in [9.17, 15) is 14.4 Å². The van der Waals surface area contributed by atoms with Crippen LogP contribution >= 0.6 is 0 Å². The molecule has 8 heteroatoms. The molecule has 0 aliphatic carbocycles. The first-order valence-corrected chi connectivity index (χ1v) is 6.85. The van der Waals surface area contributed by atoms with Crippen LogP contribution in [-0.2, 0) is 16.1 Å². The minimum absolute atomic E-state index is 0.307. The first-order valence-electron chi connectivity index (χ1n) is 6.85. The second kappa shape index (κ2) is 5.76. The summed E-state index contributed by atoms with van der Waals surface area (Å²) in [5, 5.41) is 6.69. The number of rotatable bonds is 2. The van der Waals surface area contributed by atoms with Crippen LogP contribution in [0.2, 0.25) is 0 Å². The van der Waals surface area contributed by atoms with Gasteiger partial charge in [0.2, 0.25) is 0 Å². The summed E-state index contributed by atoms with van der Waals surface area (Å²) < 4.78 is 0. The van der Waals surface area contributed by atoms with Crippen molar-refractivity contribution >= 4 is 17.8 Å². The zero-order chi connectivity index (χ0) is 15.5.